The molecule has 0 bridgehead atoms. The zero-order valence-corrected chi connectivity index (χ0v) is 16.1. The minimum atomic E-state index is 0.761. The van der Waals surface area contributed by atoms with Gasteiger partial charge in [0, 0.05) is 22.1 Å². The number of aryl methyl sites for hydroxylation is 1. The number of methoxy groups -OCH3 is 1. The molecule has 26 heavy (non-hydrogen) atoms. The van der Waals surface area contributed by atoms with E-state index in [1.54, 1.807) is 24.6 Å². The third-order valence-corrected chi connectivity index (χ3v) is 5.60. The molecule has 2 aromatic heterocycles. The Labute approximate surface area is 159 Å². The van der Waals surface area contributed by atoms with E-state index in [0.717, 1.165) is 32.6 Å². The molecule has 0 saturated carbocycles. The Morgan fingerprint density at radius 2 is 1.81 bits per heavy atom. The highest BCUT2D eigenvalue weighted by atomic mass is 32.1. The van der Waals surface area contributed by atoms with Crippen LogP contribution in [0.25, 0.3) is 16.9 Å². The summed E-state index contributed by atoms with van der Waals surface area (Å²) in [6.45, 7) is 2.13. The summed E-state index contributed by atoms with van der Waals surface area (Å²) in [7, 11) is 1.68. The van der Waals surface area contributed by atoms with E-state index in [4.69, 9.17) is 9.73 Å². The van der Waals surface area contributed by atoms with Gasteiger partial charge in [-0.1, -0.05) is 18.2 Å². The molecule has 0 aliphatic carbocycles. The number of aromatic nitrogens is 2. The third-order valence-electron chi connectivity index (χ3n) is 3.98. The van der Waals surface area contributed by atoms with Gasteiger partial charge in [0.15, 0.2) is 4.80 Å². The van der Waals surface area contributed by atoms with Gasteiger partial charge in [-0.25, -0.2) is 4.98 Å². The zero-order valence-electron chi connectivity index (χ0n) is 14.4. The third kappa shape index (κ3) is 3.21. The summed E-state index contributed by atoms with van der Waals surface area (Å²) >= 11 is 3.21. The van der Waals surface area contributed by atoms with Crippen LogP contribution in [0.3, 0.4) is 0 Å². The Kier molecular flexibility index (Phi) is 4.69. The fraction of sp³-hybridized carbons (Fsp3) is 0.100. The highest BCUT2D eigenvalue weighted by molar-refractivity contribution is 7.13. The van der Waals surface area contributed by atoms with Crippen molar-refractivity contribution in [3.63, 3.8) is 0 Å². The van der Waals surface area contributed by atoms with Crippen LogP contribution in [-0.2, 0) is 0 Å². The molecule has 0 amide bonds. The van der Waals surface area contributed by atoms with Crippen molar-refractivity contribution in [1.29, 1.82) is 0 Å². The van der Waals surface area contributed by atoms with Gasteiger partial charge in [-0.15, -0.1) is 22.7 Å². The maximum Gasteiger partial charge on any atom is 0.211 e. The minimum absolute atomic E-state index is 0.761. The smallest absolute Gasteiger partial charge is 0.211 e. The maximum atomic E-state index is 5.30. The average molecular weight is 380 g/mol. The Morgan fingerprint density at radius 1 is 1.04 bits per heavy atom. The average Bonchev–Trinajstić information content (AvgIpc) is 3.30. The second-order valence-corrected chi connectivity index (χ2v) is 7.67. The molecular formula is C20H17N3OS2. The van der Waals surface area contributed by atoms with Crippen LogP contribution in [-0.4, -0.2) is 16.7 Å². The van der Waals surface area contributed by atoms with Gasteiger partial charge in [0.2, 0.25) is 5.13 Å². The van der Waals surface area contributed by atoms with E-state index in [0.29, 0.717) is 0 Å². The first-order valence-corrected chi connectivity index (χ1v) is 9.82. The first-order chi connectivity index (χ1) is 12.8. The van der Waals surface area contributed by atoms with Gasteiger partial charge >= 0.3 is 0 Å². The number of ether oxygens (including phenoxy) is 1. The standard InChI is InChI=1S/C20H17N3OS2/c1-14-18(15-8-10-17(24-2)11-9-15)23(16-6-4-3-5-7-16)20(26-14)22-19-21-12-13-25-19/h3-13H,1-2H3/b22-20-. The van der Waals surface area contributed by atoms with Crippen LogP contribution in [0.1, 0.15) is 4.88 Å². The van der Waals surface area contributed by atoms with Gasteiger partial charge in [-0.2, -0.15) is 4.99 Å². The summed E-state index contributed by atoms with van der Waals surface area (Å²) in [4.78, 5) is 11.2. The van der Waals surface area contributed by atoms with Crippen LogP contribution < -0.4 is 9.54 Å². The van der Waals surface area contributed by atoms with E-state index in [1.165, 1.54) is 16.2 Å². The van der Waals surface area contributed by atoms with Crippen LogP contribution in [0.5, 0.6) is 5.75 Å². The van der Waals surface area contributed by atoms with E-state index in [2.05, 4.69) is 40.7 Å². The van der Waals surface area contributed by atoms with E-state index < -0.39 is 0 Å². The predicted octanol–water partition coefficient (Wildman–Crippen LogP) is 5.21. The van der Waals surface area contributed by atoms with Gasteiger partial charge in [-0.05, 0) is 48.9 Å². The van der Waals surface area contributed by atoms with Crippen molar-refractivity contribution < 1.29 is 4.74 Å². The summed E-state index contributed by atoms with van der Waals surface area (Å²) in [5.74, 6) is 0.848. The molecule has 0 N–H and O–H groups in total. The molecule has 0 spiro atoms. The molecule has 4 aromatic rings. The van der Waals surface area contributed by atoms with Gasteiger partial charge in [0.05, 0.1) is 12.8 Å². The SMILES string of the molecule is COc1ccc(-c2c(C)s/c(=N\c3nccs3)n2-c2ccccc2)cc1. The number of hydrogen-bond donors (Lipinski definition) is 0. The molecule has 130 valence electrons. The molecule has 6 heteroatoms. The molecule has 4 nitrogen and oxygen atoms in total. The van der Waals surface area contributed by atoms with Crippen LogP contribution in [0.15, 0.2) is 71.2 Å². The molecule has 0 unspecified atom stereocenters. The van der Waals surface area contributed by atoms with E-state index in [-0.39, 0.29) is 0 Å². The number of hydrogen-bond acceptors (Lipinski definition) is 5. The summed E-state index contributed by atoms with van der Waals surface area (Å²) in [6, 6.07) is 18.4. The van der Waals surface area contributed by atoms with Crippen LogP contribution in [0.2, 0.25) is 0 Å². The number of benzene rings is 2. The second-order valence-electron chi connectivity index (χ2n) is 5.62. The topological polar surface area (TPSA) is 39.4 Å². The lowest BCUT2D eigenvalue weighted by Crippen LogP contribution is -2.13. The molecule has 2 heterocycles. The van der Waals surface area contributed by atoms with Gasteiger partial charge in [0.1, 0.15) is 5.75 Å². The Bertz CT molecular complexity index is 1060. The van der Waals surface area contributed by atoms with Crippen LogP contribution in [0, 0.1) is 6.92 Å². The number of para-hydroxylation sites is 1. The molecule has 0 fully saturated rings. The fourth-order valence-corrected chi connectivity index (χ4v) is 4.37. The van der Waals surface area contributed by atoms with Gasteiger partial charge < -0.3 is 4.74 Å². The first-order valence-electron chi connectivity index (χ1n) is 8.13. The molecule has 2 aromatic carbocycles. The number of thiazole rings is 2. The molecule has 0 aliphatic heterocycles. The van der Waals surface area contributed by atoms with Gasteiger partial charge in [-0.3, -0.25) is 4.57 Å². The Morgan fingerprint density at radius 3 is 2.46 bits per heavy atom. The predicted molar refractivity (Wildman–Crippen MR) is 108 cm³/mol. The molecule has 0 aliphatic rings. The van der Waals surface area contributed by atoms with Crippen molar-refractivity contribution in [3.05, 3.63) is 75.9 Å². The van der Waals surface area contributed by atoms with Crippen molar-refractivity contribution in [1.82, 2.24) is 9.55 Å². The normalized spacial score (nSPS) is 11.7. The molecular weight excluding hydrogens is 362 g/mol. The Balaban J connectivity index is 1.97. The van der Waals surface area contributed by atoms with Crippen LogP contribution in [0.4, 0.5) is 5.13 Å². The van der Waals surface area contributed by atoms with Crippen molar-refractivity contribution >= 4 is 27.8 Å². The first kappa shape index (κ1) is 16.8. The van der Waals surface area contributed by atoms with Crippen molar-refractivity contribution in [2.75, 3.05) is 7.11 Å². The van der Waals surface area contributed by atoms with Crippen molar-refractivity contribution in [3.8, 4) is 22.7 Å². The van der Waals surface area contributed by atoms with Crippen molar-refractivity contribution in [2.24, 2.45) is 4.99 Å². The molecule has 0 atom stereocenters. The molecule has 0 saturated heterocycles. The monoisotopic (exact) mass is 379 g/mol. The highest BCUT2D eigenvalue weighted by Gasteiger charge is 2.15. The highest BCUT2D eigenvalue weighted by Crippen LogP contribution is 2.30. The van der Waals surface area contributed by atoms with E-state index in [9.17, 15) is 0 Å². The lowest BCUT2D eigenvalue weighted by atomic mass is 10.1. The Hall–Kier alpha value is -2.70. The summed E-state index contributed by atoms with van der Waals surface area (Å²) in [5, 5.41) is 2.70. The van der Waals surface area contributed by atoms with Crippen molar-refractivity contribution in [2.45, 2.75) is 6.92 Å². The lowest BCUT2D eigenvalue weighted by molar-refractivity contribution is 0.415. The summed E-state index contributed by atoms with van der Waals surface area (Å²) in [6.07, 6.45) is 1.78. The quantitative estimate of drug-likeness (QED) is 0.488. The van der Waals surface area contributed by atoms with Gasteiger partial charge in [0.25, 0.3) is 0 Å². The minimum Gasteiger partial charge on any atom is -0.497 e. The number of rotatable bonds is 4. The lowest BCUT2D eigenvalue weighted by Gasteiger charge is -2.11. The summed E-state index contributed by atoms with van der Waals surface area (Å²) in [5.41, 5.74) is 3.35. The van der Waals surface area contributed by atoms with E-state index in [1.807, 2.05) is 35.7 Å². The second kappa shape index (κ2) is 7.27. The molecule has 4 rings (SSSR count). The largest absolute Gasteiger partial charge is 0.497 e. The fourth-order valence-electron chi connectivity index (χ4n) is 2.81. The maximum absolute atomic E-state index is 5.30. The van der Waals surface area contributed by atoms with E-state index >= 15 is 0 Å². The zero-order chi connectivity index (χ0) is 17.9. The van der Waals surface area contributed by atoms with Crippen LogP contribution >= 0.6 is 22.7 Å². The number of nitrogens with zero attached hydrogens (tertiary/aromatic N) is 3. The summed E-state index contributed by atoms with van der Waals surface area (Å²) < 4.78 is 7.49. The molecule has 0 radical (unpaired) electrons.